The zero-order chi connectivity index (χ0) is 13.0. The number of hydrogen-bond donors (Lipinski definition) is 2. The predicted octanol–water partition coefficient (Wildman–Crippen LogP) is 2.29. The number of nitrogens with one attached hydrogen (secondary N) is 2. The predicted molar refractivity (Wildman–Crippen MR) is 72.2 cm³/mol. The Morgan fingerprint density at radius 2 is 2.39 bits per heavy atom. The lowest BCUT2D eigenvalue weighted by Crippen LogP contribution is -2.37. The maximum Gasteiger partial charge on any atom is 0.228 e. The third kappa shape index (κ3) is 3.15. The first-order valence-electron chi connectivity index (χ1n) is 6.06. The van der Waals surface area contributed by atoms with Gasteiger partial charge in [0, 0.05) is 12.6 Å². The normalized spacial score (nSPS) is 19.3. The van der Waals surface area contributed by atoms with E-state index in [1.807, 2.05) is 0 Å². The Morgan fingerprint density at radius 1 is 1.56 bits per heavy atom. The van der Waals surface area contributed by atoms with Crippen LogP contribution in [0.2, 0.25) is 5.02 Å². The molecule has 1 atom stereocenters. The van der Waals surface area contributed by atoms with Crippen LogP contribution >= 0.6 is 11.6 Å². The van der Waals surface area contributed by atoms with Crippen LogP contribution in [0.25, 0.3) is 0 Å². The molecule has 5 heteroatoms. The number of anilines is 1. The SMILES string of the molecule is COc1ccc(Cl)c(NC(=O)C2CCCNC2)c1. The minimum Gasteiger partial charge on any atom is -0.497 e. The molecule has 0 radical (unpaired) electrons. The lowest BCUT2D eigenvalue weighted by atomic mass is 9.99. The largest absolute Gasteiger partial charge is 0.497 e. The second-order valence-corrected chi connectivity index (χ2v) is 4.79. The highest BCUT2D eigenvalue weighted by Gasteiger charge is 2.21. The highest BCUT2D eigenvalue weighted by Crippen LogP contribution is 2.27. The molecule has 0 bridgehead atoms. The Morgan fingerprint density at radius 3 is 3.06 bits per heavy atom. The van der Waals surface area contributed by atoms with E-state index in [4.69, 9.17) is 16.3 Å². The number of amides is 1. The number of rotatable bonds is 3. The molecular formula is C13H17ClN2O2. The number of methoxy groups -OCH3 is 1. The first-order valence-corrected chi connectivity index (χ1v) is 6.43. The van der Waals surface area contributed by atoms with Crippen molar-refractivity contribution in [3.63, 3.8) is 0 Å². The third-order valence-electron chi connectivity index (χ3n) is 3.10. The average Bonchev–Trinajstić information content (AvgIpc) is 2.42. The molecule has 1 saturated heterocycles. The molecule has 0 aliphatic carbocycles. The lowest BCUT2D eigenvalue weighted by Gasteiger charge is -2.22. The quantitative estimate of drug-likeness (QED) is 0.884. The molecule has 0 spiro atoms. The van der Waals surface area contributed by atoms with Crippen molar-refractivity contribution in [1.82, 2.24) is 5.32 Å². The summed E-state index contributed by atoms with van der Waals surface area (Å²) in [5.74, 6) is 0.704. The first kappa shape index (κ1) is 13.2. The Kier molecular flexibility index (Phi) is 4.44. The summed E-state index contributed by atoms with van der Waals surface area (Å²) in [6.07, 6.45) is 1.95. The molecule has 4 nitrogen and oxygen atoms in total. The van der Waals surface area contributed by atoms with E-state index in [-0.39, 0.29) is 11.8 Å². The van der Waals surface area contributed by atoms with Gasteiger partial charge >= 0.3 is 0 Å². The summed E-state index contributed by atoms with van der Waals surface area (Å²) < 4.78 is 5.11. The van der Waals surface area contributed by atoms with Crippen LogP contribution in [0.5, 0.6) is 5.75 Å². The number of carbonyl (C=O) groups is 1. The van der Waals surface area contributed by atoms with Gasteiger partial charge in [0.15, 0.2) is 0 Å². The molecule has 1 fully saturated rings. The van der Waals surface area contributed by atoms with Crippen molar-refractivity contribution in [3.8, 4) is 5.75 Å². The third-order valence-corrected chi connectivity index (χ3v) is 3.43. The average molecular weight is 269 g/mol. The van der Waals surface area contributed by atoms with E-state index in [9.17, 15) is 4.79 Å². The van der Waals surface area contributed by atoms with E-state index in [0.29, 0.717) is 16.5 Å². The van der Waals surface area contributed by atoms with Gasteiger partial charge in [-0.05, 0) is 31.5 Å². The van der Waals surface area contributed by atoms with Gasteiger partial charge in [0.2, 0.25) is 5.91 Å². The van der Waals surface area contributed by atoms with Crippen molar-refractivity contribution in [2.24, 2.45) is 5.92 Å². The number of benzene rings is 1. The van der Waals surface area contributed by atoms with E-state index >= 15 is 0 Å². The Balaban J connectivity index is 2.05. The Bertz CT molecular complexity index is 431. The summed E-state index contributed by atoms with van der Waals surface area (Å²) in [6.45, 7) is 1.72. The van der Waals surface area contributed by atoms with Gasteiger partial charge in [-0.2, -0.15) is 0 Å². The first-order chi connectivity index (χ1) is 8.70. The summed E-state index contributed by atoms with van der Waals surface area (Å²) in [6, 6.07) is 5.21. The molecule has 18 heavy (non-hydrogen) atoms. The topological polar surface area (TPSA) is 50.4 Å². The summed E-state index contributed by atoms with van der Waals surface area (Å²) in [7, 11) is 1.58. The molecule has 98 valence electrons. The Hall–Kier alpha value is -1.26. The van der Waals surface area contributed by atoms with Crippen LogP contribution in [0.3, 0.4) is 0 Å². The van der Waals surface area contributed by atoms with Crippen molar-refractivity contribution < 1.29 is 9.53 Å². The molecular weight excluding hydrogens is 252 g/mol. The smallest absolute Gasteiger partial charge is 0.228 e. The highest BCUT2D eigenvalue weighted by molar-refractivity contribution is 6.33. The minimum absolute atomic E-state index is 0.0114. The van der Waals surface area contributed by atoms with Gasteiger partial charge in [-0.15, -0.1) is 0 Å². The molecule has 1 amide bonds. The fourth-order valence-corrected chi connectivity index (χ4v) is 2.20. The van der Waals surface area contributed by atoms with Crippen LogP contribution in [0.1, 0.15) is 12.8 Å². The zero-order valence-electron chi connectivity index (χ0n) is 10.3. The van der Waals surface area contributed by atoms with E-state index in [1.54, 1.807) is 25.3 Å². The number of ether oxygens (including phenoxy) is 1. The highest BCUT2D eigenvalue weighted by atomic mass is 35.5. The molecule has 1 aromatic rings. The summed E-state index contributed by atoms with van der Waals surface area (Å²) in [4.78, 5) is 12.1. The lowest BCUT2D eigenvalue weighted by molar-refractivity contribution is -0.120. The second-order valence-electron chi connectivity index (χ2n) is 4.38. The number of halogens is 1. The second kappa shape index (κ2) is 6.07. The van der Waals surface area contributed by atoms with Crippen LogP contribution in [0.4, 0.5) is 5.69 Å². The summed E-state index contributed by atoms with van der Waals surface area (Å²) in [5, 5.41) is 6.61. The van der Waals surface area contributed by atoms with Crippen molar-refractivity contribution >= 4 is 23.2 Å². The van der Waals surface area contributed by atoms with Crippen LogP contribution in [-0.2, 0) is 4.79 Å². The molecule has 1 aliphatic rings. The number of hydrogen-bond acceptors (Lipinski definition) is 3. The minimum atomic E-state index is 0.0114. The number of piperidine rings is 1. The molecule has 1 heterocycles. The van der Waals surface area contributed by atoms with Crippen molar-refractivity contribution in [2.75, 3.05) is 25.5 Å². The zero-order valence-corrected chi connectivity index (χ0v) is 11.1. The van der Waals surface area contributed by atoms with Crippen molar-refractivity contribution in [2.45, 2.75) is 12.8 Å². The fourth-order valence-electron chi connectivity index (χ4n) is 2.04. The van der Waals surface area contributed by atoms with Gasteiger partial charge in [0.1, 0.15) is 5.75 Å². The Labute approximate surface area is 112 Å². The van der Waals surface area contributed by atoms with Gasteiger partial charge in [0.05, 0.1) is 23.7 Å². The van der Waals surface area contributed by atoms with Gasteiger partial charge in [-0.3, -0.25) is 4.79 Å². The summed E-state index contributed by atoms with van der Waals surface area (Å²) in [5.41, 5.74) is 0.603. The standard InChI is InChI=1S/C13H17ClN2O2/c1-18-10-4-5-11(14)12(7-10)16-13(17)9-3-2-6-15-8-9/h4-5,7,9,15H,2-3,6,8H2,1H3,(H,16,17). The molecule has 1 unspecified atom stereocenters. The van der Waals surface area contributed by atoms with Crippen LogP contribution in [0, 0.1) is 5.92 Å². The molecule has 2 rings (SSSR count). The number of carbonyl (C=O) groups excluding carboxylic acids is 1. The fraction of sp³-hybridized carbons (Fsp3) is 0.462. The van der Waals surface area contributed by atoms with Crippen molar-refractivity contribution in [3.05, 3.63) is 23.2 Å². The molecule has 0 saturated carbocycles. The van der Waals surface area contributed by atoms with Crippen LogP contribution in [-0.4, -0.2) is 26.1 Å². The monoisotopic (exact) mass is 268 g/mol. The van der Waals surface area contributed by atoms with Crippen LogP contribution < -0.4 is 15.4 Å². The van der Waals surface area contributed by atoms with Crippen LogP contribution in [0.15, 0.2) is 18.2 Å². The maximum absolute atomic E-state index is 12.1. The van der Waals surface area contributed by atoms with E-state index in [2.05, 4.69) is 10.6 Å². The van der Waals surface area contributed by atoms with Gasteiger partial charge in [-0.1, -0.05) is 11.6 Å². The van der Waals surface area contributed by atoms with Gasteiger partial charge < -0.3 is 15.4 Å². The molecule has 1 aromatic carbocycles. The maximum atomic E-state index is 12.1. The van der Waals surface area contributed by atoms with Gasteiger partial charge in [-0.25, -0.2) is 0 Å². The van der Waals surface area contributed by atoms with Gasteiger partial charge in [0.25, 0.3) is 0 Å². The van der Waals surface area contributed by atoms with E-state index in [1.165, 1.54) is 0 Å². The van der Waals surface area contributed by atoms with E-state index < -0.39 is 0 Å². The molecule has 2 N–H and O–H groups in total. The van der Waals surface area contributed by atoms with E-state index in [0.717, 1.165) is 25.9 Å². The molecule has 1 aliphatic heterocycles. The molecule has 0 aromatic heterocycles. The summed E-state index contributed by atoms with van der Waals surface area (Å²) >= 11 is 6.05. The van der Waals surface area contributed by atoms with Crippen molar-refractivity contribution in [1.29, 1.82) is 0 Å².